The summed E-state index contributed by atoms with van der Waals surface area (Å²) in [6, 6.07) is 6.56. The van der Waals surface area contributed by atoms with E-state index < -0.39 is 0 Å². The second-order valence-electron chi connectivity index (χ2n) is 4.96. The fourth-order valence-electron chi connectivity index (χ4n) is 2.47. The minimum absolute atomic E-state index is 0.0169. The predicted octanol–water partition coefficient (Wildman–Crippen LogP) is 1.51. The molecule has 0 atom stereocenters. The van der Waals surface area contributed by atoms with Crippen LogP contribution in [0.25, 0.3) is 10.9 Å². The lowest BCUT2D eigenvalue weighted by molar-refractivity contribution is -0.135. The van der Waals surface area contributed by atoms with Crippen LogP contribution in [0.3, 0.4) is 0 Å². The van der Waals surface area contributed by atoms with Gasteiger partial charge in [0, 0.05) is 35.8 Å². The van der Waals surface area contributed by atoms with Gasteiger partial charge < -0.3 is 14.2 Å². The molecular weight excluding hydrogens is 292 g/mol. The highest BCUT2D eigenvalue weighted by molar-refractivity contribution is 6.31. The second kappa shape index (κ2) is 5.87. The molecule has 1 saturated heterocycles. The van der Waals surface area contributed by atoms with E-state index >= 15 is 0 Å². The first-order valence-corrected chi connectivity index (χ1v) is 7.17. The zero-order chi connectivity index (χ0) is 14.8. The molecule has 0 radical (unpaired) electrons. The Morgan fingerprint density at radius 2 is 2.00 bits per heavy atom. The lowest BCUT2D eigenvalue weighted by atomic mass is 10.2. The van der Waals surface area contributed by atoms with Gasteiger partial charge in [-0.2, -0.15) is 0 Å². The Morgan fingerprint density at radius 3 is 2.76 bits per heavy atom. The van der Waals surface area contributed by atoms with E-state index in [1.807, 2.05) is 0 Å². The molecule has 0 unspecified atom stereocenters. The molecule has 0 bridgehead atoms. The standard InChI is InChI=1S/C15H15ClN2O3/c16-11-1-2-12-13(9-11)18(4-3-14(12)19)10-15(20)17-5-7-21-8-6-17/h1-4,9H,5-8,10H2. The summed E-state index contributed by atoms with van der Waals surface area (Å²) in [5.41, 5.74) is 0.605. The van der Waals surface area contributed by atoms with E-state index in [1.165, 1.54) is 6.07 Å². The largest absolute Gasteiger partial charge is 0.378 e. The van der Waals surface area contributed by atoms with Crippen LogP contribution < -0.4 is 5.43 Å². The van der Waals surface area contributed by atoms with Gasteiger partial charge in [-0.15, -0.1) is 0 Å². The van der Waals surface area contributed by atoms with Crippen molar-refractivity contribution in [3.8, 4) is 0 Å². The molecule has 0 saturated carbocycles. The summed E-state index contributed by atoms with van der Waals surface area (Å²) in [6.45, 7) is 2.55. The van der Waals surface area contributed by atoms with Crippen LogP contribution in [0.4, 0.5) is 0 Å². The van der Waals surface area contributed by atoms with Gasteiger partial charge in [-0.3, -0.25) is 9.59 Å². The average molecular weight is 307 g/mol. The van der Waals surface area contributed by atoms with Crippen molar-refractivity contribution in [2.45, 2.75) is 6.54 Å². The van der Waals surface area contributed by atoms with Gasteiger partial charge in [0.25, 0.3) is 0 Å². The van der Waals surface area contributed by atoms with E-state index in [2.05, 4.69) is 0 Å². The Bertz CT molecular complexity index is 735. The lowest BCUT2D eigenvalue weighted by Crippen LogP contribution is -2.42. The minimum Gasteiger partial charge on any atom is -0.378 e. The first-order valence-electron chi connectivity index (χ1n) is 6.79. The molecule has 0 aliphatic carbocycles. The van der Waals surface area contributed by atoms with Gasteiger partial charge >= 0.3 is 0 Å². The maximum atomic E-state index is 12.3. The number of hydrogen-bond donors (Lipinski definition) is 0. The molecule has 110 valence electrons. The number of morpholine rings is 1. The third-order valence-electron chi connectivity index (χ3n) is 3.61. The van der Waals surface area contributed by atoms with Gasteiger partial charge in [0.15, 0.2) is 5.43 Å². The number of aromatic nitrogens is 1. The van der Waals surface area contributed by atoms with Crippen molar-refractivity contribution < 1.29 is 9.53 Å². The van der Waals surface area contributed by atoms with Gasteiger partial charge in [0.1, 0.15) is 6.54 Å². The smallest absolute Gasteiger partial charge is 0.242 e. The van der Waals surface area contributed by atoms with Crippen molar-refractivity contribution in [2.24, 2.45) is 0 Å². The first-order chi connectivity index (χ1) is 10.1. The number of rotatable bonds is 2. The number of halogens is 1. The van der Waals surface area contributed by atoms with E-state index in [1.54, 1.807) is 33.9 Å². The molecule has 21 heavy (non-hydrogen) atoms. The van der Waals surface area contributed by atoms with Gasteiger partial charge in [0.05, 0.1) is 18.7 Å². The quantitative estimate of drug-likeness (QED) is 0.845. The molecule has 1 amide bonds. The molecule has 1 aliphatic heterocycles. The summed E-state index contributed by atoms with van der Waals surface area (Å²) >= 11 is 6.00. The number of fused-ring (bicyclic) bond motifs is 1. The van der Waals surface area contributed by atoms with Crippen molar-refractivity contribution in [1.82, 2.24) is 9.47 Å². The van der Waals surface area contributed by atoms with Gasteiger partial charge in [-0.1, -0.05) is 11.6 Å². The Labute approximate surface area is 126 Å². The highest BCUT2D eigenvalue weighted by atomic mass is 35.5. The van der Waals surface area contributed by atoms with E-state index in [0.29, 0.717) is 42.2 Å². The molecule has 0 spiro atoms. The zero-order valence-electron chi connectivity index (χ0n) is 11.4. The zero-order valence-corrected chi connectivity index (χ0v) is 12.2. The predicted molar refractivity (Wildman–Crippen MR) is 80.6 cm³/mol. The van der Waals surface area contributed by atoms with Crippen molar-refractivity contribution in [1.29, 1.82) is 0 Å². The Hall–Kier alpha value is -1.85. The molecule has 5 nitrogen and oxygen atoms in total. The molecule has 1 aromatic heterocycles. The molecule has 1 aliphatic rings. The van der Waals surface area contributed by atoms with Crippen LogP contribution in [0.2, 0.25) is 5.02 Å². The van der Waals surface area contributed by atoms with E-state index in [4.69, 9.17) is 16.3 Å². The molecule has 6 heteroatoms. The molecule has 2 heterocycles. The average Bonchev–Trinajstić information content (AvgIpc) is 2.51. The summed E-state index contributed by atoms with van der Waals surface area (Å²) in [5, 5.41) is 1.11. The summed E-state index contributed by atoms with van der Waals surface area (Å²) in [7, 11) is 0. The minimum atomic E-state index is -0.0725. The SMILES string of the molecule is O=C(Cn1ccc(=O)c2ccc(Cl)cc21)N1CCOCC1. The molecule has 1 fully saturated rings. The van der Waals surface area contributed by atoms with Crippen LogP contribution >= 0.6 is 11.6 Å². The summed E-state index contributed by atoms with van der Waals surface area (Å²) in [6.07, 6.45) is 1.64. The third kappa shape index (κ3) is 2.94. The fraction of sp³-hybridized carbons (Fsp3) is 0.333. The number of carbonyl (C=O) groups is 1. The van der Waals surface area contributed by atoms with Crippen LogP contribution in [-0.4, -0.2) is 41.7 Å². The maximum absolute atomic E-state index is 12.3. The molecule has 0 N–H and O–H groups in total. The summed E-state index contributed by atoms with van der Waals surface area (Å²) in [5.74, 6) is 0.0169. The number of pyridine rings is 1. The number of ether oxygens (including phenoxy) is 1. The van der Waals surface area contributed by atoms with Crippen molar-refractivity contribution >= 4 is 28.4 Å². The van der Waals surface area contributed by atoms with Crippen LogP contribution in [-0.2, 0) is 16.1 Å². The number of carbonyl (C=O) groups excluding carboxylic acids is 1. The Kier molecular flexibility index (Phi) is 3.94. The molecule has 3 rings (SSSR count). The molecule has 2 aromatic rings. The van der Waals surface area contributed by atoms with Crippen LogP contribution in [0.5, 0.6) is 0 Å². The number of nitrogens with zero attached hydrogens (tertiary/aromatic N) is 2. The van der Waals surface area contributed by atoms with Gasteiger partial charge in [0.2, 0.25) is 5.91 Å². The van der Waals surface area contributed by atoms with Gasteiger partial charge in [-0.05, 0) is 18.2 Å². The topological polar surface area (TPSA) is 51.5 Å². The monoisotopic (exact) mass is 306 g/mol. The van der Waals surface area contributed by atoms with Crippen LogP contribution in [0.1, 0.15) is 0 Å². The fourth-order valence-corrected chi connectivity index (χ4v) is 2.64. The van der Waals surface area contributed by atoms with Crippen LogP contribution in [0, 0.1) is 0 Å². The van der Waals surface area contributed by atoms with E-state index in [-0.39, 0.29) is 17.9 Å². The Balaban J connectivity index is 1.93. The second-order valence-corrected chi connectivity index (χ2v) is 5.40. The van der Waals surface area contributed by atoms with E-state index in [0.717, 1.165) is 0 Å². The highest BCUT2D eigenvalue weighted by Gasteiger charge is 2.17. The molecule has 1 aromatic carbocycles. The van der Waals surface area contributed by atoms with Crippen molar-refractivity contribution in [3.05, 3.63) is 45.7 Å². The normalized spacial score (nSPS) is 15.4. The van der Waals surface area contributed by atoms with Crippen molar-refractivity contribution in [2.75, 3.05) is 26.3 Å². The summed E-state index contributed by atoms with van der Waals surface area (Å²) in [4.78, 5) is 26.0. The number of amides is 1. The number of hydrogen-bond acceptors (Lipinski definition) is 3. The summed E-state index contributed by atoms with van der Waals surface area (Å²) < 4.78 is 7.01. The Morgan fingerprint density at radius 1 is 1.24 bits per heavy atom. The third-order valence-corrected chi connectivity index (χ3v) is 3.85. The highest BCUT2D eigenvalue weighted by Crippen LogP contribution is 2.17. The lowest BCUT2D eigenvalue weighted by Gasteiger charge is -2.27. The van der Waals surface area contributed by atoms with Crippen LogP contribution in [0.15, 0.2) is 35.3 Å². The van der Waals surface area contributed by atoms with E-state index in [9.17, 15) is 9.59 Å². The maximum Gasteiger partial charge on any atom is 0.242 e. The van der Waals surface area contributed by atoms with Gasteiger partial charge in [-0.25, -0.2) is 0 Å². The first kappa shape index (κ1) is 14.1. The molecular formula is C15H15ClN2O3. The number of benzene rings is 1. The van der Waals surface area contributed by atoms with Crippen molar-refractivity contribution in [3.63, 3.8) is 0 Å².